The summed E-state index contributed by atoms with van der Waals surface area (Å²) in [5.74, 6) is 1.72. The van der Waals surface area contributed by atoms with Gasteiger partial charge in [0, 0.05) is 25.4 Å². The van der Waals surface area contributed by atoms with Gasteiger partial charge in [0.1, 0.15) is 35.6 Å². The smallest absolute Gasteiger partial charge is 0.343 e. The quantitative estimate of drug-likeness (QED) is 0.0505. The molecule has 3 aromatic carbocycles. The molecule has 0 atom stereocenters. The van der Waals surface area contributed by atoms with Gasteiger partial charge in [0.05, 0.1) is 32.5 Å². The van der Waals surface area contributed by atoms with Gasteiger partial charge in [-0.1, -0.05) is 13.2 Å². The van der Waals surface area contributed by atoms with Gasteiger partial charge in [-0.3, -0.25) is 9.59 Å². The molecule has 0 aliphatic rings. The first-order valence-corrected chi connectivity index (χ1v) is 14.5. The number of unbranched alkanes of at least 4 members (excludes halogenated alkanes) is 2. The van der Waals surface area contributed by atoms with E-state index in [0.29, 0.717) is 60.9 Å². The summed E-state index contributed by atoms with van der Waals surface area (Å²) < 4.78 is 31.2. The highest BCUT2D eigenvalue weighted by atomic mass is 16.5. The van der Waals surface area contributed by atoms with Gasteiger partial charge in [-0.05, 0) is 105 Å². The van der Waals surface area contributed by atoms with Crippen molar-refractivity contribution in [3.05, 3.63) is 109 Å². The Labute approximate surface area is 270 Å². The number of hydrogen-bond donors (Lipinski definition) is 0. The summed E-state index contributed by atoms with van der Waals surface area (Å²) >= 11 is 0. The average Bonchev–Trinajstić information content (AvgIpc) is 3.10. The van der Waals surface area contributed by atoms with Crippen molar-refractivity contribution in [1.29, 1.82) is 0 Å². The Bertz CT molecular complexity index is 1290. The number of benzene rings is 3. The van der Waals surface area contributed by atoms with Gasteiger partial charge in [0.15, 0.2) is 0 Å². The fourth-order valence-electron chi connectivity index (χ4n) is 3.30. The van der Waals surface area contributed by atoms with Crippen LogP contribution in [-0.4, -0.2) is 65.2 Å². The highest BCUT2D eigenvalue weighted by Gasteiger charge is 2.09. The SMILES string of the molecule is C=CC(=O)OCCCCOc1ccc(C(=O)Oc2ccc(OC)cc2)cc1.C=CC=O.COCCCCOc1ccc(C=O)cc1. The standard InChI is InChI=1S/C21H22O6.C12H16O3.C3H4O/c1-3-20(22)26-15-5-4-14-25-18-8-6-16(7-9-18)21(23)27-19-12-10-17(24-2)11-13-19;1-14-8-2-3-9-15-12-6-4-11(10-13)5-7-12;1-2-3-4/h3,6-13H,1,4-5,14-15H2,2H3;4-7,10H,2-3,8-9H2,1H3;2-3H,1H2. The molecule has 0 amide bonds. The fourth-order valence-corrected chi connectivity index (χ4v) is 3.30. The molecule has 0 aliphatic carbocycles. The monoisotopic (exact) mass is 634 g/mol. The lowest BCUT2D eigenvalue weighted by atomic mass is 10.2. The molecule has 0 spiro atoms. The van der Waals surface area contributed by atoms with Crippen LogP contribution in [0.15, 0.2) is 98.1 Å². The van der Waals surface area contributed by atoms with E-state index in [4.69, 9.17) is 33.2 Å². The van der Waals surface area contributed by atoms with Crippen LogP contribution in [0.2, 0.25) is 0 Å². The third kappa shape index (κ3) is 17.8. The Morgan fingerprint density at radius 1 is 0.652 bits per heavy atom. The maximum Gasteiger partial charge on any atom is 0.343 e. The second kappa shape index (κ2) is 25.1. The zero-order valence-electron chi connectivity index (χ0n) is 26.4. The molecule has 3 aromatic rings. The van der Waals surface area contributed by atoms with E-state index in [-0.39, 0.29) is 0 Å². The van der Waals surface area contributed by atoms with E-state index >= 15 is 0 Å². The molecular weight excluding hydrogens is 592 g/mol. The summed E-state index contributed by atoms with van der Waals surface area (Å²) in [5, 5.41) is 0. The molecule has 0 aliphatic heterocycles. The Balaban J connectivity index is 0.000000467. The van der Waals surface area contributed by atoms with Crippen molar-refractivity contribution in [2.75, 3.05) is 40.6 Å². The van der Waals surface area contributed by atoms with Gasteiger partial charge in [-0.25, -0.2) is 9.59 Å². The zero-order valence-corrected chi connectivity index (χ0v) is 26.4. The maximum absolute atomic E-state index is 12.1. The molecule has 10 heteroatoms. The first-order valence-electron chi connectivity index (χ1n) is 14.5. The van der Waals surface area contributed by atoms with Crippen LogP contribution in [0.4, 0.5) is 0 Å². The lowest BCUT2D eigenvalue weighted by Gasteiger charge is -2.08. The number of esters is 2. The molecule has 3 rings (SSSR count). The number of ether oxygens (including phenoxy) is 6. The lowest BCUT2D eigenvalue weighted by Crippen LogP contribution is -2.08. The van der Waals surface area contributed by atoms with Crippen LogP contribution in [0.5, 0.6) is 23.0 Å². The predicted octanol–water partition coefficient (Wildman–Crippen LogP) is 6.48. The van der Waals surface area contributed by atoms with Crippen LogP contribution in [0, 0.1) is 0 Å². The second-order valence-corrected chi connectivity index (χ2v) is 9.12. The van der Waals surface area contributed by atoms with E-state index in [1.807, 2.05) is 0 Å². The van der Waals surface area contributed by atoms with Crippen molar-refractivity contribution in [3.63, 3.8) is 0 Å². The molecular formula is C36H42O10. The van der Waals surface area contributed by atoms with E-state index in [1.54, 1.807) is 87.0 Å². The van der Waals surface area contributed by atoms with Crippen molar-refractivity contribution >= 4 is 24.5 Å². The number of rotatable bonds is 18. The van der Waals surface area contributed by atoms with Gasteiger partial charge < -0.3 is 28.4 Å². The first kappa shape index (κ1) is 38.8. The summed E-state index contributed by atoms with van der Waals surface area (Å²) in [6, 6.07) is 20.6. The summed E-state index contributed by atoms with van der Waals surface area (Å²) in [4.78, 5) is 42.5. The molecule has 0 saturated heterocycles. The maximum atomic E-state index is 12.1. The van der Waals surface area contributed by atoms with Gasteiger partial charge >= 0.3 is 11.9 Å². The second-order valence-electron chi connectivity index (χ2n) is 9.12. The molecule has 0 aromatic heterocycles. The number of aldehydes is 2. The average molecular weight is 635 g/mol. The molecule has 0 radical (unpaired) electrons. The van der Waals surface area contributed by atoms with Gasteiger partial charge in [0.2, 0.25) is 0 Å². The van der Waals surface area contributed by atoms with Gasteiger partial charge in [0.25, 0.3) is 0 Å². The Kier molecular flexibility index (Phi) is 21.2. The van der Waals surface area contributed by atoms with Crippen LogP contribution in [-0.2, 0) is 19.1 Å². The highest BCUT2D eigenvalue weighted by molar-refractivity contribution is 5.91. The summed E-state index contributed by atoms with van der Waals surface area (Å²) in [6.45, 7) is 8.72. The van der Waals surface area contributed by atoms with E-state index < -0.39 is 11.9 Å². The van der Waals surface area contributed by atoms with Crippen molar-refractivity contribution in [2.24, 2.45) is 0 Å². The molecule has 0 saturated carbocycles. The largest absolute Gasteiger partial charge is 0.497 e. The molecule has 0 fully saturated rings. The number of allylic oxidation sites excluding steroid dienone is 1. The fraction of sp³-hybridized carbons (Fsp3) is 0.278. The van der Waals surface area contributed by atoms with E-state index in [9.17, 15) is 14.4 Å². The Morgan fingerprint density at radius 2 is 1.13 bits per heavy atom. The minimum atomic E-state index is -0.448. The molecule has 246 valence electrons. The molecule has 0 N–H and O–H groups in total. The third-order valence-corrected chi connectivity index (χ3v) is 5.70. The number of hydrogen-bond acceptors (Lipinski definition) is 10. The van der Waals surface area contributed by atoms with Crippen molar-refractivity contribution in [2.45, 2.75) is 25.7 Å². The summed E-state index contributed by atoms with van der Waals surface area (Å²) in [6.07, 6.45) is 7.21. The molecule has 46 heavy (non-hydrogen) atoms. The minimum Gasteiger partial charge on any atom is -0.497 e. The highest BCUT2D eigenvalue weighted by Crippen LogP contribution is 2.19. The van der Waals surface area contributed by atoms with E-state index in [0.717, 1.165) is 44.0 Å². The Morgan fingerprint density at radius 3 is 1.61 bits per heavy atom. The van der Waals surface area contributed by atoms with Crippen molar-refractivity contribution in [3.8, 4) is 23.0 Å². The predicted molar refractivity (Wildman–Crippen MR) is 175 cm³/mol. The molecule has 0 unspecified atom stereocenters. The van der Waals surface area contributed by atoms with Gasteiger partial charge in [-0.15, -0.1) is 0 Å². The minimum absolute atomic E-state index is 0.338. The van der Waals surface area contributed by atoms with Crippen LogP contribution < -0.4 is 18.9 Å². The Hall–Kier alpha value is -5.22. The van der Waals surface area contributed by atoms with Crippen LogP contribution in [0.1, 0.15) is 46.4 Å². The van der Waals surface area contributed by atoms with Crippen molar-refractivity contribution in [1.82, 2.24) is 0 Å². The summed E-state index contributed by atoms with van der Waals surface area (Å²) in [5.41, 5.74) is 1.09. The third-order valence-electron chi connectivity index (χ3n) is 5.70. The van der Waals surface area contributed by atoms with Crippen molar-refractivity contribution < 1.29 is 47.6 Å². The van der Waals surface area contributed by atoms with E-state index in [1.165, 1.54) is 6.08 Å². The van der Waals surface area contributed by atoms with Crippen LogP contribution in [0.3, 0.4) is 0 Å². The number of carbonyl (C=O) groups is 4. The molecule has 0 bridgehead atoms. The summed E-state index contributed by atoms with van der Waals surface area (Å²) in [7, 11) is 3.27. The first-order chi connectivity index (χ1) is 22.4. The van der Waals surface area contributed by atoms with Crippen LogP contribution >= 0.6 is 0 Å². The van der Waals surface area contributed by atoms with Gasteiger partial charge in [-0.2, -0.15) is 0 Å². The number of methoxy groups -OCH3 is 2. The van der Waals surface area contributed by atoms with E-state index in [2.05, 4.69) is 13.2 Å². The lowest BCUT2D eigenvalue weighted by molar-refractivity contribution is -0.137. The zero-order chi connectivity index (χ0) is 33.8. The molecule has 0 heterocycles. The molecule has 10 nitrogen and oxygen atoms in total. The topological polar surface area (TPSA) is 124 Å². The van der Waals surface area contributed by atoms with Crippen LogP contribution in [0.25, 0.3) is 0 Å². The number of carbonyl (C=O) groups excluding carboxylic acids is 4. The normalized spacial score (nSPS) is 9.52.